The first kappa shape index (κ1) is 14.5. The minimum absolute atomic E-state index is 0.00216. The fourth-order valence-corrected chi connectivity index (χ4v) is 2.81. The molecule has 2 amide bonds. The second kappa shape index (κ2) is 6.52. The number of rotatable bonds is 5. The molecule has 0 radical (unpaired) electrons. The number of carbonyl (C=O) groups excluding carboxylic acids is 2. The van der Waals surface area contributed by atoms with Gasteiger partial charge in [-0.3, -0.25) is 9.59 Å². The summed E-state index contributed by atoms with van der Waals surface area (Å²) in [6.45, 7) is 0.347. The van der Waals surface area contributed by atoms with E-state index in [0.29, 0.717) is 24.6 Å². The van der Waals surface area contributed by atoms with Crippen LogP contribution in [-0.2, 0) is 4.79 Å². The highest BCUT2D eigenvalue weighted by Gasteiger charge is 2.22. The minimum Gasteiger partial charge on any atom is -0.353 e. The summed E-state index contributed by atoms with van der Waals surface area (Å²) in [6, 6.07) is 5.71. The van der Waals surface area contributed by atoms with E-state index in [2.05, 4.69) is 42.5 Å². The molecule has 2 rings (SSSR count). The van der Waals surface area contributed by atoms with Gasteiger partial charge in [0.25, 0.3) is 5.91 Å². The van der Waals surface area contributed by atoms with E-state index in [0.717, 1.165) is 21.8 Å². The van der Waals surface area contributed by atoms with Crippen molar-refractivity contribution in [1.29, 1.82) is 0 Å². The monoisotopic (exact) mass is 388 g/mol. The maximum atomic E-state index is 11.9. The van der Waals surface area contributed by atoms with Crippen molar-refractivity contribution in [2.24, 2.45) is 0 Å². The molecule has 2 N–H and O–H groups in total. The Balaban J connectivity index is 1.78. The Labute approximate surface area is 128 Å². The fourth-order valence-electron chi connectivity index (χ4n) is 1.59. The standard InChI is InChI=1S/C13H14Br2N2O2/c14-8-1-4-10(11(15)7-8)13(19)16-6-5-12(18)17-9-2-3-9/h1,4,7,9H,2-3,5-6H2,(H,16,19)(H,17,18). The zero-order valence-corrected chi connectivity index (χ0v) is 13.4. The molecule has 0 aliphatic heterocycles. The Bertz CT molecular complexity index is 501. The van der Waals surface area contributed by atoms with Gasteiger partial charge in [0.05, 0.1) is 5.56 Å². The maximum Gasteiger partial charge on any atom is 0.252 e. The molecule has 0 unspecified atom stereocenters. The zero-order valence-electron chi connectivity index (χ0n) is 10.2. The molecule has 1 aromatic rings. The third-order valence-electron chi connectivity index (χ3n) is 2.76. The van der Waals surface area contributed by atoms with Crippen molar-refractivity contribution in [3.05, 3.63) is 32.7 Å². The van der Waals surface area contributed by atoms with Gasteiger partial charge < -0.3 is 10.6 Å². The average molecular weight is 390 g/mol. The predicted octanol–water partition coefficient (Wildman–Crippen LogP) is 2.61. The summed E-state index contributed by atoms with van der Waals surface area (Å²) in [5.74, 6) is -0.184. The Morgan fingerprint density at radius 3 is 2.63 bits per heavy atom. The molecule has 4 nitrogen and oxygen atoms in total. The summed E-state index contributed by atoms with van der Waals surface area (Å²) in [7, 11) is 0. The number of hydrogen-bond acceptors (Lipinski definition) is 2. The van der Waals surface area contributed by atoms with Gasteiger partial charge in [0.1, 0.15) is 0 Å². The number of hydrogen-bond donors (Lipinski definition) is 2. The molecule has 0 bridgehead atoms. The van der Waals surface area contributed by atoms with Crippen molar-refractivity contribution in [3.63, 3.8) is 0 Å². The highest BCUT2D eigenvalue weighted by atomic mass is 79.9. The molecule has 0 spiro atoms. The largest absolute Gasteiger partial charge is 0.353 e. The Morgan fingerprint density at radius 1 is 1.26 bits per heavy atom. The molecule has 1 saturated carbocycles. The predicted molar refractivity (Wildman–Crippen MR) is 80.0 cm³/mol. The van der Waals surface area contributed by atoms with Crippen LogP contribution in [0.5, 0.6) is 0 Å². The molecule has 0 aromatic heterocycles. The summed E-state index contributed by atoms with van der Waals surface area (Å²) >= 11 is 6.67. The molecule has 102 valence electrons. The van der Waals surface area contributed by atoms with E-state index < -0.39 is 0 Å². The van der Waals surface area contributed by atoms with Crippen molar-refractivity contribution >= 4 is 43.7 Å². The van der Waals surface area contributed by atoms with Gasteiger partial charge >= 0.3 is 0 Å². The second-order valence-electron chi connectivity index (χ2n) is 4.47. The van der Waals surface area contributed by atoms with E-state index in [4.69, 9.17) is 0 Å². The summed E-state index contributed by atoms with van der Waals surface area (Å²) in [6.07, 6.45) is 2.46. The van der Waals surface area contributed by atoms with E-state index in [-0.39, 0.29) is 11.8 Å². The molecule has 19 heavy (non-hydrogen) atoms. The molecule has 0 atom stereocenters. The number of halogens is 2. The molecule has 6 heteroatoms. The molecule has 1 fully saturated rings. The van der Waals surface area contributed by atoms with Crippen LogP contribution >= 0.6 is 31.9 Å². The van der Waals surface area contributed by atoms with Crippen molar-refractivity contribution < 1.29 is 9.59 Å². The molecule has 1 aromatic carbocycles. The maximum absolute atomic E-state index is 11.9. The number of benzene rings is 1. The minimum atomic E-state index is -0.182. The van der Waals surface area contributed by atoms with E-state index in [1.165, 1.54) is 0 Å². The van der Waals surface area contributed by atoms with Crippen molar-refractivity contribution in [3.8, 4) is 0 Å². The number of nitrogens with one attached hydrogen (secondary N) is 2. The molecule has 1 aliphatic carbocycles. The highest BCUT2D eigenvalue weighted by Crippen LogP contribution is 2.21. The lowest BCUT2D eigenvalue weighted by Crippen LogP contribution is -2.31. The van der Waals surface area contributed by atoms with Crippen LogP contribution in [0.1, 0.15) is 29.6 Å². The van der Waals surface area contributed by atoms with Crippen LogP contribution in [0.15, 0.2) is 27.1 Å². The van der Waals surface area contributed by atoms with Gasteiger partial charge in [0.2, 0.25) is 5.91 Å². The Kier molecular flexibility index (Phi) is 4.99. The molecule has 1 aliphatic rings. The lowest BCUT2D eigenvalue weighted by molar-refractivity contribution is -0.121. The van der Waals surface area contributed by atoms with E-state index in [9.17, 15) is 9.59 Å². The average Bonchev–Trinajstić information content (AvgIpc) is 3.12. The van der Waals surface area contributed by atoms with Crippen LogP contribution in [0, 0.1) is 0 Å². The van der Waals surface area contributed by atoms with Gasteiger partial charge in [-0.05, 0) is 47.0 Å². The van der Waals surface area contributed by atoms with Crippen LogP contribution < -0.4 is 10.6 Å². The summed E-state index contributed by atoms with van der Waals surface area (Å²) in [5.41, 5.74) is 0.561. The smallest absolute Gasteiger partial charge is 0.252 e. The van der Waals surface area contributed by atoms with Crippen LogP contribution in [0.25, 0.3) is 0 Å². The first-order valence-corrected chi connectivity index (χ1v) is 7.67. The first-order valence-electron chi connectivity index (χ1n) is 6.09. The van der Waals surface area contributed by atoms with Crippen LogP contribution in [0.4, 0.5) is 0 Å². The van der Waals surface area contributed by atoms with Crippen molar-refractivity contribution in [2.75, 3.05) is 6.54 Å². The van der Waals surface area contributed by atoms with Crippen LogP contribution in [-0.4, -0.2) is 24.4 Å². The van der Waals surface area contributed by atoms with Gasteiger partial charge in [0.15, 0.2) is 0 Å². The lowest BCUT2D eigenvalue weighted by atomic mass is 10.2. The number of amides is 2. The van der Waals surface area contributed by atoms with Gasteiger partial charge in [0, 0.05) is 28.0 Å². The molecule has 0 saturated heterocycles. The quantitative estimate of drug-likeness (QED) is 0.813. The second-order valence-corrected chi connectivity index (χ2v) is 6.24. The summed E-state index contributed by atoms with van der Waals surface area (Å²) in [4.78, 5) is 23.3. The van der Waals surface area contributed by atoms with E-state index >= 15 is 0 Å². The first-order chi connectivity index (χ1) is 9.06. The topological polar surface area (TPSA) is 58.2 Å². The van der Waals surface area contributed by atoms with E-state index in [1.54, 1.807) is 12.1 Å². The molecule has 0 heterocycles. The van der Waals surface area contributed by atoms with Crippen LogP contribution in [0.3, 0.4) is 0 Å². The third kappa shape index (κ3) is 4.62. The number of carbonyl (C=O) groups is 2. The third-order valence-corrected chi connectivity index (χ3v) is 3.91. The summed E-state index contributed by atoms with van der Waals surface area (Å²) < 4.78 is 1.63. The normalized spacial score (nSPS) is 14.0. The van der Waals surface area contributed by atoms with Gasteiger partial charge in [-0.2, -0.15) is 0 Å². The Hall–Kier alpha value is -0.880. The van der Waals surface area contributed by atoms with Gasteiger partial charge in [-0.1, -0.05) is 15.9 Å². The van der Waals surface area contributed by atoms with Gasteiger partial charge in [-0.15, -0.1) is 0 Å². The van der Waals surface area contributed by atoms with Crippen molar-refractivity contribution in [2.45, 2.75) is 25.3 Å². The SMILES string of the molecule is O=C(CCNC(=O)c1ccc(Br)cc1Br)NC1CC1. The molecular weight excluding hydrogens is 376 g/mol. The fraction of sp³-hybridized carbons (Fsp3) is 0.385. The van der Waals surface area contributed by atoms with Gasteiger partial charge in [-0.25, -0.2) is 0 Å². The van der Waals surface area contributed by atoms with Crippen molar-refractivity contribution in [1.82, 2.24) is 10.6 Å². The summed E-state index contributed by atoms with van der Waals surface area (Å²) in [5, 5.41) is 5.62. The van der Waals surface area contributed by atoms with E-state index in [1.807, 2.05) is 6.07 Å². The highest BCUT2D eigenvalue weighted by molar-refractivity contribution is 9.11. The zero-order chi connectivity index (χ0) is 13.8. The molecular formula is C13H14Br2N2O2. The van der Waals surface area contributed by atoms with Crippen LogP contribution in [0.2, 0.25) is 0 Å². The lowest BCUT2D eigenvalue weighted by Gasteiger charge is -2.07. The Morgan fingerprint density at radius 2 is 2.00 bits per heavy atom.